The van der Waals surface area contributed by atoms with Crippen molar-refractivity contribution < 1.29 is 4.74 Å². The summed E-state index contributed by atoms with van der Waals surface area (Å²) in [4.78, 5) is 13.8. The van der Waals surface area contributed by atoms with Gasteiger partial charge in [0.1, 0.15) is 5.75 Å². The van der Waals surface area contributed by atoms with Gasteiger partial charge in [-0.3, -0.25) is 4.79 Å². The van der Waals surface area contributed by atoms with Crippen LogP contribution in [0.3, 0.4) is 0 Å². The van der Waals surface area contributed by atoms with Crippen molar-refractivity contribution in [2.75, 3.05) is 6.61 Å². The van der Waals surface area contributed by atoms with Gasteiger partial charge in [0.15, 0.2) is 0 Å². The zero-order valence-electron chi connectivity index (χ0n) is 12.5. The molecular weight excluding hydrogens is 284 g/mol. The van der Waals surface area contributed by atoms with Crippen LogP contribution < -0.4 is 14.9 Å². The molecule has 1 aromatic carbocycles. The van der Waals surface area contributed by atoms with Crippen molar-refractivity contribution in [1.82, 2.24) is 10.3 Å². The van der Waals surface area contributed by atoms with Gasteiger partial charge >= 0.3 is 4.87 Å². The maximum absolute atomic E-state index is 11.0. The summed E-state index contributed by atoms with van der Waals surface area (Å²) in [6, 6.07) is 8.13. The second-order valence-corrected chi connectivity index (χ2v) is 6.29. The Balaban J connectivity index is 1.73. The zero-order valence-corrected chi connectivity index (χ0v) is 13.3. The summed E-state index contributed by atoms with van der Waals surface area (Å²) in [5, 5.41) is 5.15. The van der Waals surface area contributed by atoms with Crippen LogP contribution >= 0.6 is 11.3 Å². The number of hydrogen-bond donors (Lipinski definition) is 2. The van der Waals surface area contributed by atoms with Crippen LogP contribution in [0.15, 0.2) is 34.4 Å². The van der Waals surface area contributed by atoms with Crippen LogP contribution in [0.1, 0.15) is 31.5 Å². The molecule has 4 nitrogen and oxygen atoms in total. The Labute approximate surface area is 129 Å². The second kappa shape index (κ2) is 8.00. The van der Waals surface area contributed by atoms with Crippen molar-refractivity contribution in [3.05, 3.63) is 50.6 Å². The summed E-state index contributed by atoms with van der Waals surface area (Å²) in [6.45, 7) is 6.59. The second-order valence-electron chi connectivity index (χ2n) is 5.45. The van der Waals surface area contributed by atoms with Crippen LogP contribution in [0.25, 0.3) is 0 Å². The highest BCUT2D eigenvalue weighted by molar-refractivity contribution is 7.07. The van der Waals surface area contributed by atoms with Gasteiger partial charge in [0, 0.05) is 24.2 Å². The van der Waals surface area contributed by atoms with E-state index in [1.807, 2.05) is 17.5 Å². The summed E-state index contributed by atoms with van der Waals surface area (Å²) in [5.74, 6) is 1.58. The lowest BCUT2D eigenvalue weighted by molar-refractivity contribution is 0.289. The highest BCUT2D eigenvalue weighted by Gasteiger charge is 1.99. The van der Waals surface area contributed by atoms with Crippen molar-refractivity contribution in [1.29, 1.82) is 0 Å². The minimum absolute atomic E-state index is 0.00491. The lowest BCUT2D eigenvalue weighted by Gasteiger charge is -2.09. The van der Waals surface area contributed by atoms with Gasteiger partial charge in [0.05, 0.1) is 6.61 Å². The van der Waals surface area contributed by atoms with E-state index in [4.69, 9.17) is 4.74 Å². The molecule has 0 fully saturated rings. The first-order chi connectivity index (χ1) is 10.1. The molecule has 5 heteroatoms. The highest BCUT2D eigenvalue weighted by Crippen LogP contribution is 2.13. The van der Waals surface area contributed by atoms with Crippen LogP contribution in [0.5, 0.6) is 5.75 Å². The van der Waals surface area contributed by atoms with E-state index in [2.05, 4.69) is 36.3 Å². The van der Waals surface area contributed by atoms with E-state index in [1.165, 1.54) is 16.9 Å². The van der Waals surface area contributed by atoms with Crippen LogP contribution in [0.4, 0.5) is 0 Å². The van der Waals surface area contributed by atoms with Crippen LogP contribution in [0, 0.1) is 5.92 Å². The molecule has 2 N–H and O–H groups in total. The van der Waals surface area contributed by atoms with Gasteiger partial charge < -0.3 is 15.0 Å². The third-order valence-corrected chi connectivity index (χ3v) is 3.82. The van der Waals surface area contributed by atoms with E-state index in [1.54, 1.807) is 0 Å². The molecule has 0 amide bonds. The Bertz CT molecular complexity index is 587. The molecule has 0 saturated carbocycles. The predicted molar refractivity (Wildman–Crippen MR) is 86.9 cm³/mol. The molecule has 0 aliphatic carbocycles. The maximum atomic E-state index is 11.0. The van der Waals surface area contributed by atoms with Crippen molar-refractivity contribution in [2.45, 2.75) is 33.4 Å². The molecule has 0 atom stereocenters. The summed E-state index contributed by atoms with van der Waals surface area (Å²) in [7, 11) is 0. The lowest BCUT2D eigenvalue weighted by atomic mass is 10.1. The maximum Gasteiger partial charge on any atom is 0.304 e. The molecule has 1 heterocycles. The fourth-order valence-corrected chi connectivity index (χ4v) is 2.44. The number of rotatable bonds is 8. The van der Waals surface area contributed by atoms with Gasteiger partial charge in [-0.2, -0.15) is 0 Å². The fraction of sp³-hybridized carbons (Fsp3) is 0.438. The number of thiazole rings is 1. The number of aromatic nitrogens is 1. The topological polar surface area (TPSA) is 54.1 Å². The van der Waals surface area contributed by atoms with Crippen LogP contribution in [-0.4, -0.2) is 11.6 Å². The predicted octanol–water partition coefficient (Wildman–Crippen LogP) is 3.15. The third-order valence-electron chi connectivity index (χ3n) is 3.10. The van der Waals surface area contributed by atoms with Gasteiger partial charge in [0.25, 0.3) is 0 Å². The fourth-order valence-electron chi connectivity index (χ4n) is 1.86. The minimum atomic E-state index is -0.00491. The molecule has 0 bridgehead atoms. The number of nitrogens with one attached hydrogen (secondary N) is 2. The van der Waals surface area contributed by atoms with Gasteiger partial charge in [-0.1, -0.05) is 37.3 Å². The first-order valence-corrected chi connectivity index (χ1v) is 8.10. The largest absolute Gasteiger partial charge is 0.494 e. The first kappa shape index (κ1) is 15.8. The van der Waals surface area contributed by atoms with Crippen molar-refractivity contribution in [3.63, 3.8) is 0 Å². The minimum Gasteiger partial charge on any atom is -0.494 e. The van der Waals surface area contributed by atoms with E-state index >= 15 is 0 Å². The molecule has 0 aliphatic rings. The summed E-state index contributed by atoms with van der Waals surface area (Å²) < 4.78 is 5.69. The summed E-state index contributed by atoms with van der Waals surface area (Å²) in [6.07, 6.45) is 1.07. The normalized spacial score (nSPS) is 11.0. The van der Waals surface area contributed by atoms with Crippen LogP contribution in [0.2, 0.25) is 0 Å². The Kier molecular flexibility index (Phi) is 6.02. The van der Waals surface area contributed by atoms with E-state index in [9.17, 15) is 4.79 Å². The van der Waals surface area contributed by atoms with Crippen molar-refractivity contribution >= 4 is 11.3 Å². The zero-order chi connectivity index (χ0) is 15.1. The SMILES string of the molecule is CC(C)CCOc1ccc(CNCc2csc(=O)[nH]2)cc1. The average Bonchev–Trinajstić information content (AvgIpc) is 2.86. The highest BCUT2D eigenvalue weighted by atomic mass is 32.1. The Morgan fingerprint density at radius 1 is 1.24 bits per heavy atom. The molecule has 2 rings (SSSR count). The van der Waals surface area contributed by atoms with Gasteiger partial charge in [-0.05, 0) is 30.0 Å². The molecule has 1 aromatic heterocycles. The number of hydrogen-bond acceptors (Lipinski definition) is 4. The number of H-pyrrole nitrogens is 1. The number of benzene rings is 1. The molecule has 114 valence electrons. The molecule has 21 heavy (non-hydrogen) atoms. The van der Waals surface area contributed by atoms with E-state index in [-0.39, 0.29) is 4.87 Å². The summed E-state index contributed by atoms with van der Waals surface area (Å²) in [5.41, 5.74) is 2.13. The molecule has 0 radical (unpaired) electrons. The smallest absolute Gasteiger partial charge is 0.304 e. The number of ether oxygens (including phenoxy) is 1. The molecule has 0 aliphatic heterocycles. The number of aromatic amines is 1. The molecule has 2 aromatic rings. The van der Waals surface area contributed by atoms with Gasteiger partial charge in [-0.25, -0.2) is 0 Å². The third kappa shape index (κ3) is 5.73. The Morgan fingerprint density at radius 3 is 2.62 bits per heavy atom. The van der Waals surface area contributed by atoms with E-state index < -0.39 is 0 Å². The van der Waals surface area contributed by atoms with E-state index in [0.717, 1.165) is 31.0 Å². The van der Waals surface area contributed by atoms with E-state index in [0.29, 0.717) is 12.5 Å². The lowest BCUT2D eigenvalue weighted by Crippen LogP contribution is -2.13. The average molecular weight is 306 g/mol. The quantitative estimate of drug-likeness (QED) is 0.788. The molecular formula is C16H22N2O2S. The first-order valence-electron chi connectivity index (χ1n) is 7.22. The Morgan fingerprint density at radius 2 is 2.00 bits per heavy atom. The van der Waals surface area contributed by atoms with Crippen molar-refractivity contribution in [3.8, 4) is 5.75 Å². The molecule has 0 spiro atoms. The van der Waals surface area contributed by atoms with Crippen molar-refractivity contribution in [2.24, 2.45) is 5.92 Å². The van der Waals surface area contributed by atoms with Crippen LogP contribution in [-0.2, 0) is 13.1 Å². The summed E-state index contributed by atoms with van der Waals surface area (Å²) >= 11 is 1.19. The monoisotopic (exact) mass is 306 g/mol. The standard InChI is InChI=1S/C16H22N2O2S/c1-12(2)7-8-20-15-5-3-13(4-6-15)9-17-10-14-11-21-16(19)18-14/h3-6,11-12,17H,7-10H2,1-2H3,(H,18,19). The van der Waals surface area contributed by atoms with Gasteiger partial charge in [-0.15, -0.1) is 0 Å². The molecule has 0 saturated heterocycles. The molecule has 0 unspecified atom stereocenters. The Hall–Kier alpha value is -1.59. The van der Waals surface area contributed by atoms with Gasteiger partial charge in [0.2, 0.25) is 0 Å².